The second-order valence-electron chi connectivity index (χ2n) is 3.76. The average Bonchev–Trinajstić information content (AvgIpc) is 2.18. The predicted octanol–water partition coefficient (Wildman–Crippen LogP) is 1.17. The van der Waals surface area contributed by atoms with Crippen LogP contribution in [0.1, 0.15) is 18.1 Å². The van der Waals surface area contributed by atoms with Gasteiger partial charge in [0.2, 0.25) is 0 Å². The Balaban J connectivity index is 3.18. The molecule has 0 aliphatic rings. The van der Waals surface area contributed by atoms with Gasteiger partial charge in [0, 0.05) is 0 Å². The summed E-state index contributed by atoms with van der Waals surface area (Å²) < 4.78 is 5.11. The first-order chi connectivity index (χ1) is 6.51. The van der Waals surface area contributed by atoms with Crippen LogP contribution in [0, 0.1) is 6.92 Å². The summed E-state index contributed by atoms with van der Waals surface area (Å²) in [5.41, 5.74) is 7.22. The van der Waals surface area contributed by atoms with E-state index in [0.717, 1.165) is 16.9 Å². The molecule has 1 aromatic rings. The van der Waals surface area contributed by atoms with Crippen molar-refractivity contribution in [1.29, 1.82) is 0 Å². The van der Waals surface area contributed by atoms with Crippen LogP contribution >= 0.6 is 0 Å². The third kappa shape index (κ3) is 2.05. The molecule has 0 spiro atoms. The average molecular weight is 195 g/mol. The SMILES string of the molecule is COc1ccc(C)c([C@@](C)(N)CO)c1. The van der Waals surface area contributed by atoms with Crippen molar-refractivity contribution in [2.24, 2.45) is 5.73 Å². The minimum absolute atomic E-state index is 0.0823. The van der Waals surface area contributed by atoms with Crippen molar-refractivity contribution < 1.29 is 9.84 Å². The lowest BCUT2D eigenvalue weighted by atomic mass is 9.90. The van der Waals surface area contributed by atoms with Crippen molar-refractivity contribution in [2.75, 3.05) is 13.7 Å². The number of aliphatic hydroxyl groups is 1. The minimum atomic E-state index is -0.710. The first-order valence-electron chi connectivity index (χ1n) is 4.56. The Labute approximate surface area is 84.5 Å². The Hall–Kier alpha value is -1.06. The van der Waals surface area contributed by atoms with Gasteiger partial charge in [-0.25, -0.2) is 0 Å². The molecule has 0 saturated heterocycles. The monoisotopic (exact) mass is 195 g/mol. The number of benzene rings is 1. The molecule has 3 heteroatoms. The standard InChI is InChI=1S/C11H17NO2/c1-8-4-5-9(14-3)6-10(8)11(2,12)7-13/h4-6,13H,7,12H2,1-3H3/t11-/m0/s1. The van der Waals surface area contributed by atoms with Gasteiger partial charge in [-0.05, 0) is 37.1 Å². The van der Waals surface area contributed by atoms with Gasteiger partial charge in [-0.3, -0.25) is 0 Å². The molecule has 0 amide bonds. The van der Waals surface area contributed by atoms with Crippen molar-refractivity contribution in [1.82, 2.24) is 0 Å². The van der Waals surface area contributed by atoms with Gasteiger partial charge in [0.15, 0.2) is 0 Å². The van der Waals surface area contributed by atoms with E-state index in [4.69, 9.17) is 15.6 Å². The predicted molar refractivity (Wildman–Crippen MR) is 56.4 cm³/mol. The molecule has 14 heavy (non-hydrogen) atoms. The van der Waals surface area contributed by atoms with Crippen LogP contribution in [0.3, 0.4) is 0 Å². The number of hydrogen-bond acceptors (Lipinski definition) is 3. The molecule has 78 valence electrons. The number of aliphatic hydroxyl groups excluding tert-OH is 1. The summed E-state index contributed by atoms with van der Waals surface area (Å²) in [5.74, 6) is 0.760. The summed E-state index contributed by atoms with van der Waals surface area (Å²) in [5, 5.41) is 9.17. The number of aryl methyl sites for hydroxylation is 1. The van der Waals surface area contributed by atoms with Crippen molar-refractivity contribution in [3.05, 3.63) is 29.3 Å². The van der Waals surface area contributed by atoms with E-state index in [1.165, 1.54) is 0 Å². The molecule has 1 aromatic carbocycles. The molecule has 1 rings (SSSR count). The number of methoxy groups -OCH3 is 1. The van der Waals surface area contributed by atoms with Crippen LogP contribution in [-0.4, -0.2) is 18.8 Å². The highest BCUT2D eigenvalue weighted by atomic mass is 16.5. The minimum Gasteiger partial charge on any atom is -0.497 e. The number of rotatable bonds is 3. The maximum atomic E-state index is 9.17. The van der Waals surface area contributed by atoms with Gasteiger partial charge in [0.1, 0.15) is 5.75 Å². The van der Waals surface area contributed by atoms with Crippen LogP contribution < -0.4 is 10.5 Å². The Bertz CT molecular complexity index is 321. The van der Waals surface area contributed by atoms with Gasteiger partial charge in [-0.2, -0.15) is 0 Å². The molecule has 3 nitrogen and oxygen atoms in total. The van der Waals surface area contributed by atoms with Crippen molar-refractivity contribution >= 4 is 0 Å². The van der Waals surface area contributed by atoms with E-state index >= 15 is 0 Å². The second-order valence-corrected chi connectivity index (χ2v) is 3.76. The maximum Gasteiger partial charge on any atom is 0.119 e. The van der Waals surface area contributed by atoms with Crippen LogP contribution in [0.5, 0.6) is 5.75 Å². The van der Waals surface area contributed by atoms with E-state index < -0.39 is 5.54 Å². The Morgan fingerprint density at radius 3 is 2.64 bits per heavy atom. The Morgan fingerprint density at radius 1 is 1.50 bits per heavy atom. The molecule has 0 aliphatic carbocycles. The molecule has 0 bridgehead atoms. The van der Waals surface area contributed by atoms with Gasteiger partial charge in [0.25, 0.3) is 0 Å². The molecule has 0 saturated carbocycles. The van der Waals surface area contributed by atoms with Crippen molar-refractivity contribution in [3.63, 3.8) is 0 Å². The second kappa shape index (κ2) is 3.98. The molecule has 0 aliphatic heterocycles. The van der Waals surface area contributed by atoms with E-state index in [0.29, 0.717) is 0 Å². The fraction of sp³-hybridized carbons (Fsp3) is 0.455. The summed E-state index contributed by atoms with van der Waals surface area (Å²) in [6.45, 7) is 3.69. The van der Waals surface area contributed by atoms with Crippen LogP contribution in [0.15, 0.2) is 18.2 Å². The zero-order chi connectivity index (χ0) is 10.8. The summed E-state index contributed by atoms with van der Waals surface area (Å²) in [7, 11) is 1.61. The molecule has 1 atom stereocenters. The fourth-order valence-corrected chi connectivity index (χ4v) is 1.43. The summed E-state index contributed by atoms with van der Waals surface area (Å²) in [6.07, 6.45) is 0. The molecular formula is C11H17NO2. The zero-order valence-corrected chi connectivity index (χ0v) is 8.87. The first-order valence-corrected chi connectivity index (χ1v) is 4.56. The summed E-state index contributed by atoms with van der Waals surface area (Å²) >= 11 is 0. The zero-order valence-electron chi connectivity index (χ0n) is 8.87. The third-order valence-electron chi connectivity index (χ3n) is 2.39. The van der Waals surface area contributed by atoms with Gasteiger partial charge >= 0.3 is 0 Å². The number of ether oxygens (including phenoxy) is 1. The highest BCUT2D eigenvalue weighted by Gasteiger charge is 2.22. The van der Waals surface area contributed by atoms with E-state index in [1.54, 1.807) is 14.0 Å². The summed E-state index contributed by atoms with van der Waals surface area (Å²) in [4.78, 5) is 0. The van der Waals surface area contributed by atoms with Crippen molar-refractivity contribution in [3.8, 4) is 5.75 Å². The molecule has 0 radical (unpaired) electrons. The van der Waals surface area contributed by atoms with Gasteiger partial charge in [0.05, 0.1) is 19.3 Å². The molecule has 3 N–H and O–H groups in total. The van der Waals surface area contributed by atoms with Crippen LogP contribution in [0.4, 0.5) is 0 Å². The van der Waals surface area contributed by atoms with Gasteiger partial charge < -0.3 is 15.6 Å². The van der Waals surface area contributed by atoms with E-state index in [-0.39, 0.29) is 6.61 Å². The smallest absolute Gasteiger partial charge is 0.119 e. The third-order valence-corrected chi connectivity index (χ3v) is 2.39. The van der Waals surface area contributed by atoms with Crippen LogP contribution in [0.25, 0.3) is 0 Å². The lowest BCUT2D eigenvalue weighted by molar-refractivity contribution is 0.209. The highest BCUT2D eigenvalue weighted by Crippen LogP contribution is 2.25. The van der Waals surface area contributed by atoms with E-state index in [2.05, 4.69) is 0 Å². The van der Waals surface area contributed by atoms with Crippen LogP contribution in [-0.2, 0) is 5.54 Å². The molecule has 0 unspecified atom stereocenters. The Morgan fingerprint density at radius 2 is 2.14 bits per heavy atom. The number of hydrogen-bond donors (Lipinski definition) is 2. The maximum absolute atomic E-state index is 9.17. The molecule has 0 fully saturated rings. The van der Waals surface area contributed by atoms with Gasteiger partial charge in [-0.15, -0.1) is 0 Å². The highest BCUT2D eigenvalue weighted by molar-refractivity contribution is 5.39. The van der Waals surface area contributed by atoms with E-state index in [1.807, 2.05) is 25.1 Å². The molecule has 0 heterocycles. The summed E-state index contributed by atoms with van der Waals surface area (Å²) in [6, 6.07) is 5.69. The largest absolute Gasteiger partial charge is 0.497 e. The number of nitrogens with two attached hydrogens (primary N) is 1. The van der Waals surface area contributed by atoms with E-state index in [9.17, 15) is 0 Å². The quantitative estimate of drug-likeness (QED) is 0.761. The topological polar surface area (TPSA) is 55.5 Å². The lowest BCUT2D eigenvalue weighted by Gasteiger charge is -2.24. The fourth-order valence-electron chi connectivity index (χ4n) is 1.43. The first kappa shape index (κ1) is 11.0. The molecular weight excluding hydrogens is 178 g/mol. The van der Waals surface area contributed by atoms with Crippen LogP contribution in [0.2, 0.25) is 0 Å². The normalized spacial score (nSPS) is 14.9. The lowest BCUT2D eigenvalue weighted by Crippen LogP contribution is -2.37. The van der Waals surface area contributed by atoms with Gasteiger partial charge in [-0.1, -0.05) is 6.07 Å². The Kier molecular flexibility index (Phi) is 3.13. The van der Waals surface area contributed by atoms with Crippen molar-refractivity contribution in [2.45, 2.75) is 19.4 Å². The molecule has 0 aromatic heterocycles.